The molecular formula is C15H22N2O3. The summed E-state index contributed by atoms with van der Waals surface area (Å²) in [5.41, 5.74) is 1.17. The molecule has 0 saturated carbocycles. The highest BCUT2D eigenvalue weighted by Gasteiger charge is 2.20. The van der Waals surface area contributed by atoms with E-state index in [0.29, 0.717) is 11.8 Å². The van der Waals surface area contributed by atoms with E-state index in [1.807, 2.05) is 18.3 Å². The minimum absolute atomic E-state index is 0.280. The fraction of sp³-hybridized carbons (Fsp3) is 0.600. The van der Waals surface area contributed by atoms with Gasteiger partial charge in [-0.2, -0.15) is 0 Å². The SMILES string of the molecule is COc1ccc(CN2CCCC(CCC(=O)O)C2)cn1. The number of rotatable bonds is 6. The number of methoxy groups -OCH3 is 1. The molecule has 1 N–H and O–H groups in total. The van der Waals surface area contributed by atoms with Crippen molar-refractivity contribution >= 4 is 5.97 Å². The highest BCUT2D eigenvalue weighted by Crippen LogP contribution is 2.22. The largest absolute Gasteiger partial charge is 0.481 e. The normalized spacial score (nSPS) is 19.8. The van der Waals surface area contributed by atoms with E-state index < -0.39 is 5.97 Å². The number of pyridine rings is 1. The summed E-state index contributed by atoms with van der Waals surface area (Å²) in [6, 6.07) is 3.91. The Bertz CT molecular complexity index is 433. The van der Waals surface area contributed by atoms with E-state index >= 15 is 0 Å². The van der Waals surface area contributed by atoms with Crippen LogP contribution in [0, 0.1) is 5.92 Å². The number of carbonyl (C=O) groups is 1. The minimum atomic E-state index is -0.693. The van der Waals surface area contributed by atoms with Crippen molar-refractivity contribution in [3.05, 3.63) is 23.9 Å². The monoisotopic (exact) mass is 278 g/mol. The second-order valence-electron chi connectivity index (χ2n) is 5.38. The molecule has 0 spiro atoms. The number of hydrogen-bond acceptors (Lipinski definition) is 4. The molecule has 0 aromatic carbocycles. The second kappa shape index (κ2) is 7.24. The number of ether oxygens (including phenoxy) is 1. The number of nitrogens with zero attached hydrogens (tertiary/aromatic N) is 2. The van der Waals surface area contributed by atoms with Crippen molar-refractivity contribution < 1.29 is 14.6 Å². The van der Waals surface area contributed by atoms with Crippen LogP contribution >= 0.6 is 0 Å². The number of hydrogen-bond donors (Lipinski definition) is 1. The van der Waals surface area contributed by atoms with Crippen LogP contribution in [-0.2, 0) is 11.3 Å². The van der Waals surface area contributed by atoms with Crippen LogP contribution in [0.4, 0.5) is 0 Å². The zero-order valence-corrected chi connectivity index (χ0v) is 11.9. The van der Waals surface area contributed by atoms with Crippen LogP contribution in [0.15, 0.2) is 18.3 Å². The van der Waals surface area contributed by atoms with Crippen LogP contribution in [0.3, 0.4) is 0 Å². The van der Waals surface area contributed by atoms with Gasteiger partial charge in [0.15, 0.2) is 0 Å². The summed E-state index contributed by atoms with van der Waals surface area (Å²) < 4.78 is 5.05. The van der Waals surface area contributed by atoms with E-state index in [-0.39, 0.29) is 6.42 Å². The molecule has 1 aliphatic heterocycles. The minimum Gasteiger partial charge on any atom is -0.481 e. The lowest BCUT2D eigenvalue weighted by Crippen LogP contribution is -2.35. The second-order valence-corrected chi connectivity index (χ2v) is 5.38. The summed E-state index contributed by atoms with van der Waals surface area (Å²) in [6.45, 7) is 2.94. The third kappa shape index (κ3) is 4.49. The Balaban J connectivity index is 1.83. The molecule has 0 radical (unpaired) electrons. The summed E-state index contributed by atoms with van der Waals surface area (Å²) in [4.78, 5) is 17.2. The van der Waals surface area contributed by atoms with Crippen molar-refractivity contribution in [3.63, 3.8) is 0 Å². The number of carboxylic acids is 1. The maximum absolute atomic E-state index is 10.6. The van der Waals surface area contributed by atoms with Gasteiger partial charge < -0.3 is 9.84 Å². The molecule has 1 fully saturated rings. The summed E-state index contributed by atoms with van der Waals surface area (Å²) in [5.74, 6) is 0.444. The van der Waals surface area contributed by atoms with Crippen molar-refractivity contribution in [2.75, 3.05) is 20.2 Å². The highest BCUT2D eigenvalue weighted by molar-refractivity contribution is 5.66. The first-order valence-corrected chi connectivity index (χ1v) is 7.10. The van der Waals surface area contributed by atoms with Crippen LogP contribution < -0.4 is 4.74 Å². The Kier molecular flexibility index (Phi) is 5.35. The molecule has 1 aromatic heterocycles. The molecule has 1 aliphatic rings. The fourth-order valence-electron chi connectivity index (χ4n) is 2.74. The van der Waals surface area contributed by atoms with Gasteiger partial charge in [0.25, 0.3) is 0 Å². The first-order chi connectivity index (χ1) is 9.67. The molecule has 0 bridgehead atoms. The van der Waals surface area contributed by atoms with Gasteiger partial charge in [-0.05, 0) is 37.3 Å². The molecule has 2 rings (SSSR count). The van der Waals surface area contributed by atoms with Gasteiger partial charge in [0.1, 0.15) is 0 Å². The van der Waals surface area contributed by atoms with Gasteiger partial charge >= 0.3 is 5.97 Å². The highest BCUT2D eigenvalue weighted by atomic mass is 16.5. The van der Waals surface area contributed by atoms with Crippen LogP contribution in [0.25, 0.3) is 0 Å². The molecule has 5 heteroatoms. The first-order valence-electron chi connectivity index (χ1n) is 7.10. The van der Waals surface area contributed by atoms with Gasteiger partial charge in [-0.1, -0.05) is 6.07 Å². The number of aromatic nitrogens is 1. The third-order valence-electron chi connectivity index (χ3n) is 3.78. The van der Waals surface area contributed by atoms with Gasteiger partial charge in [-0.3, -0.25) is 9.69 Å². The van der Waals surface area contributed by atoms with E-state index in [2.05, 4.69) is 9.88 Å². The van der Waals surface area contributed by atoms with Gasteiger partial charge in [0, 0.05) is 31.8 Å². The molecule has 1 aromatic rings. The summed E-state index contributed by atoms with van der Waals surface area (Å²) in [5, 5.41) is 8.76. The fourth-order valence-corrected chi connectivity index (χ4v) is 2.74. The lowest BCUT2D eigenvalue weighted by molar-refractivity contribution is -0.137. The maximum Gasteiger partial charge on any atom is 0.303 e. The van der Waals surface area contributed by atoms with Gasteiger partial charge in [-0.15, -0.1) is 0 Å². The number of aliphatic carboxylic acids is 1. The molecule has 20 heavy (non-hydrogen) atoms. The summed E-state index contributed by atoms with van der Waals surface area (Å²) in [6.07, 6.45) is 5.20. The number of likely N-dealkylation sites (tertiary alicyclic amines) is 1. The maximum atomic E-state index is 10.6. The lowest BCUT2D eigenvalue weighted by Gasteiger charge is -2.32. The predicted molar refractivity (Wildman–Crippen MR) is 75.7 cm³/mol. The van der Waals surface area contributed by atoms with Gasteiger partial charge in [0.05, 0.1) is 7.11 Å². The zero-order chi connectivity index (χ0) is 14.4. The van der Waals surface area contributed by atoms with Crippen molar-refractivity contribution in [1.29, 1.82) is 0 Å². The molecular weight excluding hydrogens is 256 g/mol. The Labute approximate surface area is 119 Å². The van der Waals surface area contributed by atoms with Crippen LogP contribution in [0.1, 0.15) is 31.2 Å². The summed E-state index contributed by atoms with van der Waals surface area (Å²) >= 11 is 0. The molecule has 0 amide bonds. The standard InChI is InChI=1S/C15H22N2O3/c1-20-14-6-4-13(9-16-14)11-17-8-2-3-12(10-17)5-7-15(18)19/h4,6,9,12H,2-3,5,7-8,10-11H2,1H3,(H,18,19). The number of piperidine rings is 1. The molecule has 1 unspecified atom stereocenters. The van der Waals surface area contributed by atoms with E-state index in [1.54, 1.807) is 7.11 Å². The average molecular weight is 278 g/mol. The van der Waals surface area contributed by atoms with E-state index in [0.717, 1.165) is 38.9 Å². The molecule has 110 valence electrons. The van der Waals surface area contributed by atoms with Crippen LogP contribution in [0.5, 0.6) is 5.88 Å². The van der Waals surface area contributed by atoms with Gasteiger partial charge in [-0.25, -0.2) is 4.98 Å². The van der Waals surface area contributed by atoms with Crippen molar-refractivity contribution in [2.24, 2.45) is 5.92 Å². The lowest BCUT2D eigenvalue weighted by atomic mass is 9.93. The van der Waals surface area contributed by atoms with Crippen molar-refractivity contribution in [2.45, 2.75) is 32.2 Å². The summed E-state index contributed by atoms with van der Waals surface area (Å²) in [7, 11) is 1.61. The molecule has 5 nitrogen and oxygen atoms in total. The Morgan fingerprint density at radius 3 is 3.05 bits per heavy atom. The van der Waals surface area contributed by atoms with Crippen molar-refractivity contribution in [3.8, 4) is 5.88 Å². The zero-order valence-electron chi connectivity index (χ0n) is 11.9. The Morgan fingerprint density at radius 1 is 1.55 bits per heavy atom. The predicted octanol–water partition coefficient (Wildman–Crippen LogP) is 2.17. The molecule has 2 heterocycles. The van der Waals surface area contributed by atoms with Gasteiger partial charge in [0.2, 0.25) is 5.88 Å². The quantitative estimate of drug-likeness (QED) is 0.864. The van der Waals surface area contributed by atoms with Crippen LogP contribution in [0.2, 0.25) is 0 Å². The Morgan fingerprint density at radius 2 is 2.40 bits per heavy atom. The molecule has 0 aliphatic carbocycles. The Hall–Kier alpha value is -1.62. The number of carboxylic acid groups (broad SMARTS) is 1. The molecule has 1 atom stereocenters. The smallest absolute Gasteiger partial charge is 0.303 e. The van der Waals surface area contributed by atoms with E-state index in [4.69, 9.17) is 9.84 Å². The van der Waals surface area contributed by atoms with E-state index in [9.17, 15) is 4.79 Å². The third-order valence-corrected chi connectivity index (χ3v) is 3.78. The van der Waals surface area contributed by atoms with Crippen LogP contribution in [-0.4, -0.2) is 41.2 Å². The van der Waals surface area contributed by atoms with Crippen molar-refractivity contribution in [1.82, 2.24) is 9.88 Å². The topological polar surface area (TPSA) is 62.7 Å². The van der Waals surface area contributed by atoms with E-state index in [1.165, 1.54) is 5.56 Å². The molecule has 1 saturated heterocycles. The average Bonchev–Trinajstić information content (AvgIpc) is 2.46. The first kappa shape index (κ1) is 14.8.